The van der Waals surface area contributed by atoms with Crippen molar-refractivity contribution in [1.29, 1.82) is 0 Å². The van der Waals surface area contributed by atoms with Crippen LogP contribution in [0.4, 0.5) is 32.0 Å². The van der Waals surface area contributed by atoms with E-state index in [-0.39, 0.29) is 36.9 Å². The number of sulfonamides is 1. The van der Waals surface area contributed by atoms with Crippen molar-refractivity contribution in [3.63, 3.8) is 0 Å². The van der Waals surface area contributed by atoms with Crippen LogP contribution >= 0.6 is 11.8 Å². The molecule has 0 saturated carbocycles. The third kappa shape index (κ3) is 8.26. The van der Waals surface area contributed by atoms with Gasteiger partial charge in [-0.3, -0.25) is 14.5 Å². The zero-order valence-electron chi connectivity index (χ0n) is 21.6. The van der Waals surface area contributed by atoms with E-state index in [1.54, 1.807) is 0 Å². The summed E-state index contributed by atoms with van der Waals surface area (Å²) in [5, 5.41) is 0. The average molecular weight is 632 g/mol. The van der Waals surface area contributed by atoms with Crippen molar-refractivity contribution in [3.05, 3.63) is 89.3 Å². The lowest BCUT2D eigenvalue weighted by Crippen LogP contribution is -2.39. The minimum absolute atomic E-state index is 0.0137. The van der Waals surface area contributed by atoms with Gasteiger partial charge in [-0.15, -0.1) is 0 Å². The molecule has 224 valence electrons. The zero-order valence-corrected chi connectivity index (χ0v) is 23.2. The van der Waals surface area contributed by atoms with Gasteiger partial charge in [-0.1, -0.05) is 23.9 Å². The molecule has 4 rings (SSSR count). The summed E-state index contributed by atoms with van der Waals surface area (Å²) in [6.07, 6.45) is -6.45. The number of nitrogens with one attached hydrogen (secondary N) is 1. The van der Waals surface area contributed by atoms with Gasteiger partial charge in [0.2, 0.25) is 15.9 Å². The minimum Gasteiger partial charge on any atom is -0.378 e. The summed E-state index contributed by atoms with van der Waals surface area (Å²) in [5.41, 5.74) is -4.21. The number of aromatic nitrogens is 1. The van der Waals surface area contributed by atoms with Gasteiger partial charge >= 0.3 is 12.4 Å². The second-order valence-corrected chi connectivity index (χ2v) is 11.9. The van der Waals surface area contributed by atoms with Gasteiger partial charge in [0, 0.05) is 47.0 Å². The first kappa shape index (κ1) is 31.4. The average Bonchev–Trinajstić information content (AvgIpc) is 2.91. The maximum absolute atomic E-state index is 14.2. The molecule has 0 radical (unpaired) electrons. The first-order chi connectivity index (χ1) is 19.7. The Morgan fingerprint density at radius 1 is 0.976 bits per heavy atom. The number of ether oxygens (including phenoxy) is 1. The third-order valence-electron chi connectivity index (χ3n) is 5.94. The molecule has 0 unspecified atom stereocenters. The van der Waals surface area contributed by atoms with E-state index in [4.69, 9.17) is 4.74 Å². The topological polar surface area (TPSA) is 88.6 Å². The fourth-order valence-electron chi connectivity index (χ4n) is 4.12. The number of carbonyl (C=O) groups excluding carboxylic acids is 1. The molecule has 1 saturated heterocycles. The molecule has 15 heteroatoms. The molecule has 2 heterocycles. The largest absolute Gasteiger partial charge is 0.418 e. The first-order valence-electron chi connectivity index (χ1n) is 12.3. The molecular formula is C27H23F6N3O4S2. The number of rotatable bonds is 8. The number of halogens is 6. The van der Waals surface area contributed by atoms with Crippen LogP contribution < -0.4 is 4.72 Å². The van der Waals surface area contributed by atoms with Crippen LogP contribution in [0.15, 0.2) is 76.8 Å². The Balaban J connectivity index is 1.65. The Labute approximate surface area is 241 Å². The monoisotopic (exact) mass is 631 g/mol. The van der Waals surface area contributed by atoms with Gasteiger partial charge in [0.05, 0.1) is 30.1 Å². The van der Waals surface area contributed by atoms with E-state index in [0.717, 1.165) is 24.3 Å². The highest BCUT2D eigenvalue weighted by molar-refractivity contribution is 7.99. The van der Waals surface area contributed by atoms with Crippen LogP contribution in [-0.4, -0.2) is 50.5 Å². The van der Waals surface area contributed by atoms with Gasteiger partial charge in [0.15, 0.2) is 0 Å². The molecule has 1 amide bonds. The van der Waals surface area contributed by atoms with E-state index in [2.05, 4.69) is 9.71 Å². The normalized spacial score (nSPS) is 14.8. The Bertz CT molecular complexity index is 1560. The summed E-state index contributed by atoms with van der Waals surface area (Å²) in [7, 11) is -3.92. The number of carbonyl (C=O) groups is 1. The summed E-state index contributed by atoms with van der Waals surface area (Å²) in [4.78, 5) is 16.8. The van der Waals surface area contributed by atoms with Crippen LogP contribution in [0.3, 0.4) is 0 Å². The van der Waals surface area contributed by atoms with E-state index >= 15 is 0 Å². The van der Waals surface area contributed by atoms with Gasteiger partial charge in [0.25, 0.3) is 0 Å². The Kier molecular flexibility index (Phi) is 9.53. The fraction of sp³-hybridized carbons (Fsp3) is 0.259. The highest BCUT2D eigenvalue weighted by atomic mass is 32.2. The molecule has 1 fully saturated rings. The number of morpholine rings is 1. The molecule has 1 N–H and O–H groups in total. The highest BCUT2D eigenvalue weighted by Gasteiger charge is 2.46. The molecule has 1 aliphatic rings. The van der Waals surface area contributed by atoms with Gasteiger partial charge in [-0.05, 0) is 53.6 Å². The molecule has 42 heavy (non-hydrogen) atoms. The maximum Gasteiger partial charge on any atom is 0.418 e. The van der Waals surface area contributed by atoms with Crippen molar-refractivity contribution in [3.8, 4) is 0 Å². The summed E-state index contributed by atoms with van der Waals surface area (Å²) in [5.74, 6) is -1.05. The number of pyridine rings is 1. The van der Waals surface area contributed by atoms with Crippen molar-refractivity contribution in [2.45, 2.75) is 27.9 Å². The van der Waals surface area contributed by atoms with E-state index in [1.807, 2.05) is 0 Å². The molecule has 1 aliphatic heterocycles. The standard InChI is InChI=1S/C27H23F6N3O4S2/c28-26(29,30)24-19(5-7-23(37)36-12-14-40-15-13-36)4-6-22(25(24)27(31,32)33)41-21-3-1-2-20(16-21)35-42(38,39)17-18-8-10-34-11-9-18/h1-11,16,35H,12-15,17H2. The predicted octanol–water partition coefficient (Wildman–Crippen LogP) is 6.08. The SMILES string of the molecule is O=C(C=Cc1ccc(Sc2cccc(NS(=O)(=O)Cc3ccncc3)c2)c(C(F)(F)F)c1C(F)(F)F)N1CCOCC1. The van der Waals surface area contributed by atoms with Crippen molar-refractivity contribution in [2.24, 2.45) is 0 Å². The van der Waals surface area contributed by atoms with E-state index in [1.165, 1.54) is 53.7 Å². The van der Waals surface area contributed by atoms with Gasteiger partial charge in [-0.2, -0.15) is 26.3 Å². The maximum atomic E-state index is 14.2. The van der Waals surface area contributed by atoms with E-state index in [0.29, 0.717) is 17.3 Å². The number of benzene rings is 2. The van der Waals surface area contributed by atoms with Crippen LogP contribution in [-0.2, 0) is 37.7 Å². The summed E-state index contributed by atoms with van der Waals surface area (Å²) < 4.78 is 118. The van der Waals surface area contributed by atoms with Crippen LogP contribution in [0.1, 0.15) is 22.3 Å². The van der Waals surface area contributed by atoms with Crippen molar-refractivity contribution in [2.75, 3.05) is 31.0 Å². The first-order valence-corrected chi connectivity index (χ1v) is 14.7. The van der Waals surface area contributed by atoms with Crippen molar-refractivity contribution < 1.29 is 44.3 Å². The van der Waals surface area contributed by atoms with Gasteiger partial charge in [-0.25, -0.2) is 8.42 Å². The van der Waals surface area contributed by atoms with Crippen molar-refractivity contribution >= 4 is 39.5 Å². The fourth-order valence-corrected chi connectivity index (χ4v) is 6.36. The Hall–Kier alpha value is -3.56. The lowest BCUT2D eigenvalue weighted by molar-refractivity contribution is -0.163. The highest BCUT2D eigenvalue weighted by Crippen LogP contribution is 2.48. The molecule has 3 aromatic rings. The molecule has 2 aromatic carbocycles. The smallest absolute Gasteiger partial charge is 0.378 e. The lowest BCUT2D eigenvalue weighted by atomic mass is 9.99. The van der Waals surface area contributed by atoms with Gasteiger partial charge < -0.3 is 9.64 Å². The number of nitrogens with zero attached hydrogens (tertiary/aromatic N) is 2. The number of hydrogen-bond acceptors (Lipinski definition) is 6. The number of anilines is 1. The molecule has 0 atom stereocenters. The lowest BCUT2D eigenvalue weighted by Gasteiger charge is -2.25. The number of alkyl halides is 6. The van der Waals surface area contributed by atoms with Crippen LogP contribution in [0.2, 0.25) is 0 Å². The summed E-state index contributed by atoms with van der Waals surface area (Å²) >= 11 is 0.395. The quantitative estimate of drug-likeness (QED) is 0.240. The van der Waals surface area contributed by atoms with E-state index < -0.39 is 55.6 Å². The zero-order chi connectivity index (χ0) is 30.5. The predicted molar refractivity (Wildman–Crippen MR) is 144 cm³/mol. The molecule has 0 spiro atoms. The van der Waals surface area contributed by atoms with Crippen LogP contribution in [0.5, 0.6) is 0 Å². The molecule has 1 aromatic heterocycles. The van der Waals surface area contributed by atoms with Crippen LogP contribution in [0, 0.1) is 0 Å². The molecule has 0 aliphatic carbocycles. The Morgan fingerprint density at radius 2 is 1.64 bits per heavy atom. The van der Waals surface area contributed by atoms with Gasteiger partial charge in [0.1, 0.15) is 0 Å². The number of hydrogen-bond donors (Lipinski definition) is 1. The molecule has 0 bridgehead atoms. The second kappa shape index (κ2) is 12.8. The van der Waals surface area contributed by atoms with Crippen LogP contribution in [0.25, 0.3) is 6.08 Å². The summed E-state index contributed by atoms with van der Waals surface area (Å²) in [6.45, 7) is 0.894. The number of amides is 1. The second-order valence-electron chi connectivity index (χ2n) is 9.02. The third-order valence-corrected chi connectivity index (χ3v) is 8.25. The minimum atomic E-state index is -5.41. The molecule has 7 nitrogen and oxygen atoms in total. The summed E-state index contributed by atoms with van der Waals surface area (Å²) in [6, 6.07) is 10.0. The van der Waals surface area contributed by atoms with E-state index in [9.17, 15) is 39.6 Å². The Morgan fingerprint density at radius 3 is 2.29 bits per heavy atom. The van der Waals surface area contributed by atoms with Crippen molar-refractivity contribution in [1.82, 2.24) is 9.88 Å². The molecular weight excluding hydrogens is 608 g/mol.